The minimum absolute atomic E-state index is 0.0621. The van der Waals surface area contributed by atoms with E-state index in [0.29, 0.717) is 10.2 Å². The van der Waals surface area contributed by atoms with Gasteiger partial charge < -0.3 is 9.47 Å². The molecule has 0 saturated carbocycles. The van der Waals surface area contributed by atoms with Gasteiger partial charge in [0.25, 0.3) is 0 Å². The maximum Gasteiger partial charge on any atom is 0.339 e. The molecule has 0 spiro atoms. The molecule has 0 aliphatic rings. The fraction of sp³-hybridized carbons (Fsp3) is 0.188. The first-order valence-corrected chi connectivity index (χ1v) is 7.06. The molecule has 2 aromatic carbocycles. The fourth-order valence-electron chi connectivity index (χ4n) is 1.90. The highest BCUT2D eigenvalue weighted by atomic mass is 79.9. The zero-order chi connectivity index (χ0) is 15.4. The number of benzene rings is 2. The van der Waals surface area contributed by atoms with E-state index in [4.69, 9.17) is 9.47 Å². The van der Waals surface area contributed by atoms with E-state index < -0.39 is 11.8 Å². The molecule has 2 aromatic rings. The number of carbonyl (C=O) groups excluding carboxylic acids is 1. The van der Waals surface area contributed by atoms with Gasteiger partial charge in [-0.3, -0.25) is 0 Å². The second kappa shape index (κ2) is 6.72. The van der Waals surface area contributed by atoms with Crippen molar-refractivity contribution in [1.82, 2.24) is 0 Å². The van der Waals surface area contributed by atoms with Gasteiger partial charge in [-0.1, -0.05) is 11.6 Å². The molecule has 3 nitrogen and oxygen atoms in total. The van der Waals surface area contributed by atoms with Gasteiger partial charge in [-0.15, -0.1) is 0 Å². The molecule has 0 unspecified atom stereocenters. The SMILES string of the molecule is COc1ccc(C)cc1COC(=O)c1cc(F)ccc1Br. The molecule has 0 heterocycles. The molecule has 0 atom stereocenters. The van der Waals surface area contributed by atoms with Crippen LogP contribution in [0.15, 0.2) is 40.9 Å². The highest BCUT2D eigenvalue weighted by Crippen LogP contribution is 2.23. The third-order valence-corrected chi connectivity index (χ3v) is 3.63. The van der Waals surface area contributed by atoms with Crippen LogP contribution in [-0.2, 0) is 11.3 Å². The fourth-order valence-corrected chi connectivity index (χ4v) is 2.30. The Bertz CT molecular complexity index is 671. The van der Waals surface area contributed by atoms with Crippen molar-refractivity contribution in [1.29, 1.82) is 0 Å². The highest BCUT2D eigenvalue weighted by Gasteiger charge is 2.14. The quantitative estimate of drug-likeness (QED) is 0.771. The van der Waals surface area contributed by atoms with E-state index in [0.717, 1.165) is 17.2 Å². The number of carbonyl (C=O) groups is 1. The summed E-state index contributed by atoms with van der Waals surface area (Å²) in [6, 6.07) is 9.49. The molecule has 110 valence electrons. The van der Waals surface area contributed by atoms with E-state index in [2.05, 4.69) is 15.9 Å². The molecule has 0 radical (unpaired) electrons. The van der Waals surface area contributed by atoms with Gasteiger partial charge in [0.05, 0.1) is 12.7 Å². The molecule has 0 aromatic heterocycles. The molecular formula is C16H14BrFO3. The number of rotatable bonds is 4. The Morgan fingerprint density at radius 2 is 2.00 bits per heavy atom. The van der Waals surface area contributed by atoms with Crippen LogP contribution in [0.4, 0.5) is 4.39 Å². The summed E-state index contributed by atoms with van der Waals surface area (Å²) in [5, 5.41) is 0. The summed E-state index contributed by atoms with van der Waals surface area (Å²) in [5.74, 6) is -0.435. The van der Waals surface area contributed by atoms with E-state index >= 15 is 0 Å². The van der Waals surface area contributed by atoms with Gasteiger partial charge in [0, 0.05) is 10.0 Å². The second-order valence-electron chi connectivity index (χ2n) is 4.52. The Balaban J connectivity index is 2.14. The lowest BCUT2D eigenvalue weighted by Gasteiger charge is -2.11. The molecular weight excluding hydrogens is 339 g/mol. The molecule has 0 N–H and O–H groups in total. The van der Waals surface area contributed by atoms with E-state index in [-0.39, 0.29) is 12.2 Å². The maximum atomic E-state index is 13.2. The number of hydrogen-bond donors (Lipinski definition) is 0. The van der Waals surface area contributed by atoms with E-state index in [1.807, 2.05) is 25.1 Å². The molecule has 0 bridgehead atoms. The van der Waals surface area contributed by atoms with E-state index in [1.165, 1.54) is 12.1 Å². The third kappa shape index (κ3) is 3.82. The molecule has 0 fully saturated rings. The smallest absolute Gasteiger partial charge is 0.339 e. The summed E-state index contributed by atoms with van der Waals surface area (Å²) in [4.78, 5) is 12.0. The van der Waals surface area contributed by atoms with Crippen molar-refractivity contribution in [2.45, 2.75) is 13.5 Å². The normalized spacial score (nSPS) is 10.3. The van der Waals surface area contributed by atoms with Gasteiger partial charge >= 0.3 is 5.97 Å². The maximum absolute atomic E-state index is 13.2. The second-order valence-corrected chi connectivity index (χ2v) is 5.37. The molecule has 0 saturated heterocycles. The minimum atomic E-state index is -0.593. The van der Waals surface area contributed by atoms with Crippen LogP contribution in [-0.4, -0.2) is 13.1 Å². The summed E-state index contributed by atoms with van der Waals surface area (Å²) < 4.78 is 24.1. The van der Waals surface area contributed by atoms with Gasteiger partial charge in [-0.25, -0.2) is 9.18 Å². The van der Waals surface area contributed by atoms with E-state index in [9.17, 15) is 9.18 Å². The van der Waals surface area contributed by atoms with Crippen molar-refractivity contribution in [3.63, 3.8) is 0 Å². The first-order chi connectivity index (χ1) is 10.0. The molecule has 2 rings (SSSR count). The number of halogens is 2. The Hall–Kier alpha value is -1.88. The number of methoxy groups -OCH3 is 1. The Morgan fingerprint density at radius 3 is 2.71 bits per heavy atom. The Morgan fingerprint density at radius 1 is 1.24 bits per heavy atom. The van der Waals surface area contributed by atoms with Crippen molar-refractivity contribution >= 4 is 21.9 Å². The monoisotopic (exact) mass is 352 g/mol. The molecule has 0 amide bonds. The average Bonchev–Trinajstić information content (AvgIpc) is 2.47. The summed E-state index contributed by atoms with van der Waals surface area (Å²) in [6.45, 7) is 2.00. The minimum Gasteiger partial charge on any atom is -0.496 e. The summed E-state index contributed by atoms with van der Waals surface area (Å²) >= 11 is 3.20. The van der Waals surface area contributed by atoms with Crippen LogP contribution < -0.4 is 4.74 Å². The lowest BCUT2D eigenvalue weighted by molar-refractivity contribution is 0.0468. The van der Waals surface area contributed by atoms with Crippen molar-refractivity contribution in [3.05, 3.63) is 63.4 Å². The van der Waals surface area contributed by atoms with Crippen LogP contribution in [0.5, 0.6) is 5.75 Å². The van der Waals surface area contributed by atoms with Crippen molar-refractivity contribution in [2.75, 3.05) is 7.11 Å². The van der Waals surface area contributed by atoms with E-state index in [1.54, 1.807) is 7.11 Å². The number of esters is 1. The standard InChI is InChI=1S/C16H14BrFO3/c1-10-3-6-15(20-2)11(7-10)9-21-16(19)13-8-12(18)4-5-14(13)17/h3-8H,9H2,1-2H3. The van der Waals surface area contributed by atoms with Crippen LogP contribution in [0.2, 0.25) is 0 Å². The summed E-state index contributed by atoms with van der Waals surface area (Å²) in [7, 11) is 1.55. The molecule has 21 heavy (non-hydrogen) atoms. The summed E-state index contributed by atoms with van der Waals surface area (Å²) in [5.41, 5.74) is 1.95. The first kappa shape index (κ1) is 15.5. The van der Waals surface area contributed by atoms with Gasteiger partial charge in [0.15, 0.2) is 0 Å². The number of hydrogen-bond acceptors (Lipinski definition) is 3. The average molecular weight is 353 g/mol. The number of ether oxygens (including phenoxy) is 2. The van der Waals surface area contributed by atoms with Crippen LogP contribution in [0.25, 0.3) is 0 Å². The number of aryl methyl sites for hydroxylation is 1. The zero-order valence-electron chi connectivity index (χ0n) is 11.7. The lowest BCUT2D eigenvalue weighted by atomic mass is 10.1. The van der Waals surface area contributed by atoms with Crippen LogP contribution in [0.3, 0.4) is 0 Å². The van der Waals surface area contributed by atoms with Crippen LogP contribution >= 0.6 is 15.9 Å². The molecule has 0 aliphatic carbocycles. The largest absolute Gasteiger partial charge is 0.496 e. The topological polar surface area (TPSA) is 35.5 Å². The van der Waals surface area contributed by atoms with Crippen LogP contribution in [0, 0.1) is 12.7 Å². The van der Waals surface area contributed by atoms with Gasteiger partial charge in [-0.2, -0.15) is 0 Å². The Labute approximate surface area is 130 Å². The Kier molecular flexibility index (Phi) is 4.96. The summed E-state index contributed by atoms with van der Waals surface area (Å²) in [6.07, 6.45) is 0. The predicted octanol–water partition coefficient (Wildman–Crippen LogP) is 4.26. The first-order valence-electron chi connectivity index (χ1n) is 6.27. The van der Waals surface area contributed by atoms with Crippen molar-refractivity contribution < 1.29 is 18.7 Å². The molecule has 0 aliphatic heterocycles. The highest BCUT2D eigenvalue weighted by molar-refractivity contribution is 9.10. The van der Waals surface area contributed by atoms with Gasteiger partial charge in [0.1, 0.15) is 18.2 Å². The van der Waals surface area contributed by atoms with Gasteiger partial charge in [-0.05, 0) is 53.2 Å². The van der Waals surface area contributed by atoms with Crippen LogP contribution in [0.1, 0.15) is 21.5 Å². The van der Waals surface area contributed by atoms with Crippen molar-refractivity contribution in [2.24, 2.45) is 0 Å². The zero-order valence-corrected chi connectivity index (χ0v) is 13.2. The van der Waals surface area contributed by atoms with Gasteiger partial charge in [0.2, 0.25) is 0 Å². The lowest BCUT2D eigenvalue weighted by Crippen LogP contribution is -2.07. The molecule has 5 heteroatoms. The van der Waals surface area contributed by atoms with Crippen molar-refractivity contribution in [3.8, 4) is 5.75 Å². The third-order valence-electron chi connectivity index (χ3n) is 2.94. The predicted molar refractivity (Wildman–Crippen MR) is 81.0 cm³/mol.